The Bertz CT molecular complexity index is 317. The summed E-state index contributed by atoms with van der Waals surface area (Å²) in [6.45, 7) is 0.989. The number of carbonyl (C=O) groups excluding carboxylic acids is 1. The van der Waals surface area contributed by atoms with Crippen LogP contribution in [0.15, 0.2) is 22.8 Å². The Morgan fingerprint density at radius 3 is 3.14 bits per heavy atom. The molecule has 5 heteroatoms. The molecule has 0 fully saturated rings. The zero-order valence-corrected chi connectivity index (χ0v) is 9.37. The average molecular weight is 259 g/mol. The summed E-state index contributed by atoms with van der Waals surface area (Å²) in [5, 5.41) is 2.68. The summed E-state index contributed by atoms with van der Waals surface area (Å²) in [6.07, 6.45) is 1.58. The fourth-order valence-electron chi connectivity index (χ4n) is 0.886. The Hall–Kier alpha value is -0.940. The highest BCUT2D eigenvalue weighted by Gasteiger charge is 2.05. The van der Waals surface area contributed by atoms with Gasteiger partial charge in [-0.3, -0.25) is 9.78 Å². The average Bonchev–Trinajstić information content (AvgIpc) is 2.18. The highest BCUT2D eigenvalue weighted by atomic mass is 79.9. The molecule has 0 unspecified atom stereocenters. The van der Waals surface area contributed by atoms with Crippen LogP contribution in [0.3, 0.4) is 0 Å². The van der Waals surface area contributed by atoms with E-state index in [9.17, 15) is 4.79 Å². The molecule has 0 radical (unpaired) electrons. The number of hydrogen-bond donors (Lipinski definition) is 1. The number of methoxy groups -OCH3 is 1. The molecule has 0 saturated carbocycles. The van der Waals surface area contributed by atoms with Gasteiger partial charge in [0.15, 0.2) is 0 Å². The van der Waals surface area contributed by atoms with Crippen molar-refractivity contribution in [2.45, 2.75) is 0 Å². The van der Waals surface area contributed by atoms with Gasteiger partial charge in [0.25, 0.3) is 5.91 Å². The van der Waals surface area contributed by atoms with Gasteiger partial charge in [0.05, 0.1) is 6.61 Å². The molecule has 76 valence electrons. The van der Waals surface area contributed by atoms with E-state index in [1.54, 1.807) is 25.4 Å². The van der Waals surface area contributed by atoms with Crippen molar-refractivity contribution in [3.8, 4) is 0 Å². The highest BCUT2D eigenvalue weighted by Crippen LogP contribution is 2.08. The van der Waals surface area contributed by atoms with E-state index in [0.717, 1.165) is 4.47 Å². The van der Waals surface area contributed by atoms with Gasteiger partial charge < -0.3 is 10.1 Å². The van der Waals surface area contributed by atoms with Gasteiger partial charge in [-0.15, -0.1) is 0 Å². The molecular formula is C9H11BrN2O2. The van der Waals surface area contributed by atoms with Crippen molar-refractivity contribution >= 4 is 21.8 Å². The molecular weight excluding hydrogens is 248 g/mol. The van der Waals surface area contributed by atoms with E-state index < -0.39 is 0 Å². The van der Waals surface area contributed by atoms with E-state index >= 15 is 0 Å². The van der Waals surface area contributed by atoms with Crippen molar-refractivity contribution in [2.75, 3.05) is 20.3 Å². The van der Waals surface area contributed by atoms with Gasteiger partial charge in [0, 0.05) is 24.3 Å². The molecule has 0 saturated heterocycles. The molecule has 4 nitrogen and oxygen atoms in total. The van der Waals surface area contributed by atoms with Gasteiger partial charge in [0.1, 0.15) is 5.69 Å². The maximum Gasteiger partial charge on any atom is 0.269 e. The van der Waals surface area contributed by atoms with Crippen LogP contribution in [0.2, 0.25) is 0 Å². The van der Waals surface area contributed by atoms with Crippen LogP contribution in [0.5, 0.6) is 0 Å². The number of rotatable bonds is 4. The van der Waals surface area contributed by atoms with E-state index in [1.807, 2.05) is 0 Å². The molecule has 1 rings (SSSR count). The monoisotopic (exact) mass is 258 g/mol. The molecule has 0 aliphatic rings. The number of ether oxygens (including phenoxy) is 1. The number of nitrogens with zero attached hydrogens (tertiary/aromatic N) is 1. The summed E-state index contributed by atoms with van der Waals surface area (Å²) < 4.78 is 5.64. The predicted octanol–water partition coefficient (Wildman–Crippen LogP) is 1.22. The number of nitrogens with one attached hydrogen (secondary N) is 1. The summed E-state index contributed by atoms with van der Waals surface area (Å²) in [4.78, 5) is 15.4. The number of aromatic nitrogens is 1. The summed E-state index contributed by atoms with van der Waals surface area (Å²) >= 11 is 3.27. The van der Waals surface area contributed by atoms with Gasteiger partial charge in [-0.25, -0.2) is 0 Å². The minimum atomic E-state index is -0.191. The zero-order valence-electron chi connectivity index (χ0n) is 7.79. The normalized spacial score (nSPS) is 9.86. The van der Waals surface area contributed by atoms with E-state index in [4.69, 9.17) is 4.74 Å². The lowest BCUT2D eigenvalue weighted by atomic mass is 10.3. The van der Waals surface area contributed by atoms with Crippen LogP contribution in [0.25, 0.3) is 0 Å². The van der Waals surface area contributed by atoms with E-state index in [-0.39, 0.29) is 5.91 Å². The van der Waals surface area contributed by atoms with Gasteiger partial charge in [-0.1, -0.05) is 15.9 Å². The fraction of sp³-hybridized carbons (Fsp3) is 0.333. The summed E-state index contributed by atoms with van der Waals surface area (Å²) in [7, 11) is 1.59. The smallest absolute Gasteiger partial charge is 0.269 e. The summed E-state index contributed by atoms with van der Waals surface area (Å²) in [5.41, 5.74) is 0.399. The third-order valence-corrected chi connectivity index (χ3v) is 2.04. The number of hydrogen-bond acceptors (Lipinski definition) is 3. The second kappa shape index (κ2) is 5.72. The summed E-state index contributed by atoms with van der Waals surface area (Å²) in [6, 6.07) is 3.44. The van der Waals surface area contributed by atoms with Crippen molar-refractivity contribution in [2.24, 2.45) is 0 Å². The largest absolute Gasteiger partial charge is 0.383 e. The Morgan fingerprint density at radius 1 is 1.71 bits per heavy atom. The minimum absolute atomic E-state index is 0.191. The van der Waals surface area contributed by atoms with Crippen molar-refractivity contribution in [1.82, 2.24) is 10.3 Å². The SMILES string of the molecule is COCCNC(=O)c1cc(Br)ccn1. The molecule has 1 aromatic heterocycles. The van der Waals surface area contributed by atoms with Crippen molar-refractivity contribution in [1.29, 1.82) is 0 Å². The topological polar surface area (TPSA) is 51.2 Å². The fourth-order valence-corrected chi connectivity index (χ4v) is 1.22. The van der Waals surface area contributed by atoms with Gasteiger partial charge in [-0.2, -0.15) is 0 Å². The standard InChI is InChI=1S/C9H11BrN2O2/c1-14-5-4-12-9(13)8-6-7(10)2-3-11-8/h2-3,6H,4-5H2,1H3,(H,12,13). The van der Waals surface area contributed by atoms with Gasteiger partial charge in [0.2, 0.25) is 0 Å². The second-order valence-corrected chi connectivity index (χ2v) is 3.52. The quantitative estimate of drug-likeness (QED) is 0.827. The first kappa shape index (κ1) is 11.1. The van der Waals surface area contributed by atoms with Gasteiger partial charge in [-0.05, 0) is 12.1 Å². The molecule has 1 amide bonds. The second-order valence-electron chi connectivity index (χ2n) is 2.61. The first-order valence-corrected chi connectivity index (χ1v) is 4.92. The Labute approximate surface area is 90.8 Å². The Balaban J connectivity index is 2.52. The first-order valence-electron chi connectivity index (χ1n) is 4.12. The highest BCUT2D eigenvalue weighted by molar-refractivity contribution is 9.10. The van der Waals surface area contributed by atoms with Crippen LogP contribution < -0.4 is 5.32 Å². The van der Waals surface area contributed by atoms with Crippen LogP contribution in [-0.2, 0) is 4.74 Å². The van der Waals surface area contributed by atoms with Crippen LogP contribution in [0.1, 0.15) is 10.5 Å². The molecule has 0 atom stereocenters. The molecule has 0 aliphatic heterocycles. The molecule has 0 aromatic carbocycles. The van der Waals surface area contributed by atoms with Crippen LogP contribution in [0, 0.1) is 0 Å². The number of amides is 1. The van der Waals surface area contributed by atoms with Crippen LogP contribution in [-0.4, -0.2) is 31.2 Å². The molecule has 14 heavy (non-hydrogen) atoms. The van der Waals surface area contributed by atoms with Crippen molar-refractivity contribution < 1.29 is 9.53 Å². The number of pyridine rings is 1. The van der Waals surface area contributed by atoms with Crippen LogP contribution in [0.4, 0.5) is 0 Å². The Kier molecular flexibility index (Phi) is 4.55. The summed E-state index contributed by atoms with van der Waals surface area (Å²) in [5.74, 6) is -0.191. The predicted molar refractivity (Wildman–Crippen MR) is 56.1 cm³/mol. The molecule has 0 aliphatic carbocycles. The number of carbonyl (C=O) groups is 1. The van der Waals surface area contributed by atoms with Gasteiger partial charge >= 0.3 is 0 Å². The van der Waals surface area contributed by atoms with Crippen LogP contribution >= 0.6 is 15.9 Å². The third-order valence-electron chi connectivity index (χ3n) is 1.55. The van der Waals surface area contributed by atoms with Crippen molar-refractivity contribution in [3.05, 3.63) is 28.5 Å². The lowest BCUT2D eigenvalue weighted by Gasteiger charge is -2.03. The Morgan fingerprint density at radius 2 is 2.50 bits per heavy atom. The molecule has 1 N–H and O–H groups in total. The van der Waals surface area contributed by atoms with E-state index in [0.29, 0.717) is 18.8 Å². The molecule has 0 spiro atoms. The van der Waals surface area contributed by atoms with E-state index in [1.165, 1.54) is 0 Å². The minimum Gasteiger partial charge on any atom is -0.383 e. The zero-order chi connectivity index (χ0) is 10.4. The maximum absolute atomic E-state index is 11.4. The maximum atomic E-state index is 11.4. The van der Waals surface area contributed by atoms with E-state index in [2.05, 4.69) is 26.2 Å². The van der Waals surface area contributed by atoms with Crippen molar-refractivity contribution in [3.63, 3.8) is 0 Å². The first-order chi connectivity index (χ1) is 6.74. The molecule has 1 heterocycles. The third kappa shape index (κ3) is 3.43. The number of halogens is 1. The lowest BCUT2D eigenvalue weighted by Crippen LogP contribution is -2.27. The molecule has 1 aromatic rings. The lowest BCUT2D eigenvalue weighted by molar-refractivity contribution is 0.0932. The molecule has 0 bridgehead atoms.